The second kappa shape index (κ2) is 6.24. The Bertz CT molecular complexity index is 449. The summed E-state index contributed by atoms with van der Waals surface area (Å²) in [6, 6.07) is 1.93. The van der Waals surface area contributed by atoms with Crippen LogP contribution in [-0.4, -0.2) is 62.1 Å². The number of rotatable bonds is 4. The van der Waals surface area contributed by atoms with Crippen molar-refractivity contribution in [1.82, 2.24) is 9.80 Å². The molecule has 2 aliphatic rings. The molecule has 3 rings (SSSR count). The van der Waals surface area contributed by atoms with Gasteiger partial charge in [0.05, 0.1) is 12.2 Å². The van der Waals surface area contributed by atoms with Crippen LogP contribution in [0, 0.1) is 11.8 Å². The minimum atomic E-state index is 0.212. The minimum Gasteiger partial charge on any atom is -0.383 e. The summed E-state index contributed by atoms with van der Waals surface area (Å²) in [5.41, 5.74) is 0.852. The van der Waals surface area contributed by atoms with Gasteiger partial charge in [-0.3, -0.25) is 4.79 Å². The molecule has 5 heteroatoms. The van der Waals surface area contributed by atoms with Crippen molar-refractivity contribution >= 4 is 17.2 Å². The molecule has 2 saturated heterocycles. The summed E-state index contributed by atoms with van der Waals surface area (Å²) < 4.78 is 5.16. The summed E-state index contributed by atoms with van der Waals surface area (Å²) in [4.78, 5) is 16.9. The Morgan fingerprint density at radius 3 is 3.00 bits per heavy atom. The fourth-order valence-electron chi connectivity index (χ4n) is 3.40. The van der Waals surface area contributed by atoms with Gasteiger partial charge in [0.15, 0.2) is 0 Å². The SMILES string of the molecule is COCCN1CC[C@@H]2CN(C(=O)c3ccsc3)C[C@@H]2C1. The summed E-state index contributed by atoms with van der Waals surface area (Å²) in [6.07, 6.45) is 1.21. The van der Waals surface area contributed by atoms with E-state index in [1.165, 1.54) is 6.42 Å². The molecule has 0 spiro atoms. The molecule has 2 aliphatic heterocycles. The monoisotopic (exact) mass is 294 g/mol. The Kier molecular flexibility index (Phi) is 4.38. The first-order chi connectivity index (χ1) is 9.78. The van der Waals surface area contributed by atoms with E-state index in [-0.39, 0.29) is 5.91 Å². The maximum absolute atomic E-state index is 12.4. The summed E-state index contributed by atoms with van der Waals surface area (Å²) in [5.74, 6) is 1.55. The highest BCUT2D eigenvalue weighted by Crippen LogP contribution is 2.32. The van der Waals surface area contributed by atoms with E-state index < -0.39 is 0 Å². The fraction of sp³-hybridized carbons (Fsp3) is 0.667. The van der Waals surface area contributed by atoms with Gasteiger partial charge in [0.25, 0.3) is 5.91 Å². The van der Waals surface area contributed by atoms with Gasteiger partial charge in [-0.05, 0) is 36.2 Å². The number of fused-ring (bicyclic) bond motifs is 1. The number of hydrogen-bond acceptors (Lipinski definition) is 4. The van der Waals surface area contributed by atoms with Gasteiger partial charge in [0.1, 0.15) is 0 Å². The molecular formula is C15H22N2O2S. The van der Waals surface area contributed by atoms with E-state index in [1.54, 1.807) is 18.4 Å². The molecule has 3 heterocycles. The predicted octanol–water partition coefficient (Wildman–Crippen LogP) is 1.79. The van der Waals surface area contributed by atoms with Crippen LogP contribution in [0.5, 0.6) is 0 Å². The zero-order chi connectivity index (χ0) is 13.9. The van der Waals surface area contributed by atoms with Crippen LogP contribution in [0.1, 0.15) is 16.8 Å². The molecule has 0 unspecified atom stereocenters. The number of ether oxygens (including phenoxy) is 1. The number of carbonyl (C=O) groups excluding carboxylic acids is 1. The molecular weight excluding hydrogens is 272 g/mol. The van der Waals surface area contributed by atoms with Crippen LogP contribution in [0.25, 0.3) is 0 Å². The Morgan fingerprint density at radius 2 is 2.25 bits per heavy atom. The Balaban J connectivity index is 1.57. The van der Waals surface area contributed by atoms with Crippen LogP contribution in [-0.2, 0) is 4.74 Å². The van der Waals surface area contributed by atoms with E-state index in [9.17, 15) is 4.79 Å². The van der Waals surface area contributed by atoms with Crippen molar-refractivity contribution in [2.45, 2.75) is 6.42 Å². The minimum absolute atomic E-state index is 0.212. The normalized spacial score (nSPS) is 26.8. The molecule has 1 amide bonds. The lowest BCUT2D eigenvalue weighted by Crippen LogP contribution is -2.41. The zero-order valence-electron chi connectivity index (χ0n) is 12.0. The maximum Gasteiger partial charge on any atom is 0.254 e. The van der Waals surface area contributed by atoms with Crippen LogP contribution in [0.3, 0.4) is 0 Å². The molecule has 110 valence electrons. The van der Waals surface area contributed by atoms with Crippen LogP contribution >= 0.6 is 11.3 Å². The molecule has 2 fully saturated rings. The van der Waals surface area contributed by atoms with Gasteiger partial charge >= 0.3 is 0 Å². The fourth-order valence-corrected chi connectivity index (χ4v) is 4.03. The van der Waals surface area contributed by atoms with Crippen molar-refractivity contribution in [1.29, 1.82) is 0 Å². The molecule has 1 aromatic heterocycles. The summed E-state index contributed by atoms with van der Waals surface area (Å²) in [7, 11) is 1.75. The number of hydrogen-bond donors (Lipinski definition) is 0. The van der Waals surface area contributed by atoms with E-state index in [2.05, 4.69) is 9.80 Å². The zero-order valence-corrected chi connectivity index (χ0v) is 12.8. The van der Waals surface area contributed by atoms with E-state index >= 15 is 0 Å². The second-order valence-corrected chi connectivity index (χ2v) is 6.60. The lowest BCUT2D eigenvalue weighted by Gasteiger charge is -2.33. The largest absolute Gasteiger partial charge is 0.383 e. The molecule has 0 bridgehead atoms. The van der Waals surface area contributed by atoms with Gasteiger partial charge in [0.2, 0.25) is 0 Å². The number of carbonyl (C=O) groups is 1. The molecule has 1 aromatic rings. The molecule has 0 N–H and O–H groups in total. The standard InChI is InChI=1S/C15H22N2O2S/c1-19-6-5-16-4-2-12-9-17(10-14(12)8-16)15(18)13-3-7-20-11-13/h3,7,11-12,14H,2,4-6,8-10H2,1H3/t12-,14+/m1/s1. The highest BCUT2D eigenvalue weighted by atomic mass is 32.1. The van der Waals surface area contributed by atoms with Crippen molar-refractivity contribution in [3.05, 3.63) is 22.4 Å². The number of methoxy groups -OCH3 is 1. The van der Waals surface area contributed by atoms with Crippen LogP contribution in [0.4, 0.5) is 0 Å². The third-order valence-corrected chi connectivity index (χ3v) is 5.24. The van der Waals surface area contributed by atoms with Crippen molar-refractivity contribution in [2.75, 3.05) is 46.4 Å². The van der Waals surface area contributed by atoms with Crippen molar-refractivity contribution in [3.8, 4) is 0 Å². The summed E-state index contributed by atoms with van der Waals surface area (Å²) in [6.45, 7) is 5.93. The van der Waals surface area contributed by atoms with E-state index in [1.807, 2.05) is 16.8 Å². The third-order valence-electron chi connectivity index (χ3n) is 4.55. The number of piperidine rings is 1. The Labute approximate surface area is 124 Å². The van der Waals surface area contributed by atoms with Gasteiger partial charge in [-0.25, -0.2) is 0 Å². The quantitative estimate of drug-likeness (QED) is 0.849. The van der Waals surface area contributed by atoms with Crippen molar-refractivity contribution in [3.63, 3.8) is 0 Å². The molecule has 0 radical (unpaired) electrons. The number of nitrogens with zero attached hydrogens (tertiary/aromatic N) is 2. The van der Waals surface area contributed by atoms with Crippen molar-refractivity contribution < 1.29 is 9.53 Å². The average Bonchev–Trinajstić information content (AvgIpc) is 3.12. The topological polar surface area (TPSA) is 32.8 Å². The van der Waals surface area contributed by atoms with Crippen molar-refractivity contribution in [2.24, 2.45) is 11.8 Å². The average molecular weight is 294 g/mol. The first-order valence-corrected chi connectivity index (χ1v) is 8.25. The highest BCUT2D eigenvalue weighted by molar-refractivity contribution is 7.08. The molecule has 0 aliphatic carbocycles. The van der Waals surface area contributed by atoms with E-state index in [4.69, 9.17) is 4.74 Å². The van der Waals surface area contributed by atoms with Gasteiger partial charge in [-0.2, -0.15) is 11.3 Å². The summed E-state index contributed by atoms with van der Waals surface area (Å²) in [5, 5.41) is 3.93. The highest BCUT2D eigenvalue weighted by Gasteiger charge is 2.38. The molecule has 0 saturated carbocycles. The third kappa shape index (κ3) is 2.90. The van der Waals surface area contributed by atoms with Crippen LogP contribution in [0.15, 0.2) is 16.8 Å². The lowest BCUT2D eigenvalue weighted by molar-refractivity contribution is 0.0783. The molecule has 20 heavy (non-hydrogen) atoms. The van der Waals surface area contributed by atoms with Gasteiger partial charge in [0, 0.05) is 38.7 Å². The number of thiophene rings is 1. The van der Waals surface area contributed by atoms with E-state index in [0.29, 0.717) is 11.8 Å². The number of likely N-dealkylation sites (tertiary alicyclic amines) is 2. The van der Waals surface area contributed by atoms with Crippen LogP contribution in [0.2, 0.25) is 0 Å². The van der Waals surface area contributed by atoms with Gasteiger partial charge in [-0.1, -0.05) is 0 Å². The second-order valence-electron chi connectivity index (χ2n) is 5.82. The van der Waals surface area contributed by atoms with Gasteiger partial charge < -0.3 is 14.5 Å². The van der Waals surface area contributed by atoms with E-state index in [0.717, 1.165) is 44.9 Å². The molecule has 4 nitrogen and oxygen atoms in total. The predicted molar refractivity (Wildman–Crippen MR) is 80.1 cm³/mol. The Morgan fingerprint density at radius 1 is 1.40 bits per heavy atom. The lowest BCUT2D eigenvalue weighted by atomic mass is 9.89. The number of amides is 1. The molecule has 0 aromatic carbocycles. The first kappa shape index (κ1) is 14.0. The summed E-state index contributed by atoms with van der Waals surface area (Å²) >= 11 is 1.59. The van der Waals surface area contributed by atoms with Gasteiger partial charge in [-0.15, -0.1) is 0 Å². The smallest absolute Gasteiger partial charge is 0.254 e. The van der Waals surface area contributed by atoms with Crippen LogP contribution < -0.4 is 0 Å². The first-order valence-electron chi connectivity index (χ1n) is 7.30. The maximum atomic E-state index is 12.4. The molecule has 2 atom stereocenters. The Hall–Kier alpha value is -0.910.